The molecular weight excluding hydrogens is 370 g/mol. The highest BCUT2D eigenvalue weighted by Crippen LogP contribution is 2.20. The van der Waals surface area contributed by atoms with E-state index in [2.05, 4.69) is 20.2 Å². The molecule has 0 aromatic carbocycles. The lowest BCUT2D eigenvalue weighted by Crippen LogP contribution is -2.53. The van der Waals surface area contributed by atoms with Crippen molar-refractivity contribution in [1.82, 2.24) is 34.7 Å². The van der Waals surface area contributed by atoms with E-state index in [-0.39, 0.29) is 17.9 Å². The summed E-state index contributed by atoms with van der Waals surface area (Å²) in [6.45, 7) is 6.54. The van der Waals surface area contributed by atoms with Crippen molar-refractivity contribution in [2.75, 3.05) is 33.2 Å². The molecule has 1 N–H and O–H groups in total. The number of hydrogen-bond donors (Lipinski definition) is 1. The van der Waals surface area contributed by atoms with E-state index in [4.69, 9.17) is 0 Å². The molecule has 1 unspecified atom stereocenters. The van der Waals surface area contributed by atoms with E-state index in [1.165, 1.54) is 0 Å². The summed E-state index contributed by atoms with van der Waals surface area (Å²) in [5.41, 5.74) is 1.55. The first-order valence-corrected chi connectivity index (χ1v) is 10.3. The number of rotatable bonds is 5. The van der Waals surface area contributed by atoms with Gasteiger partial charge in [0.2, 0.25) is 5.91 Å². The standard InChI is InChI=1S/C20H29N7O2/c1-15-19(28)24(2)10-11-26(15)13-17-14-27(23-22-17)12-16-5-8-25(9-6-16)20(29)18-4-3-7-21-18/h3-4,7,14-16,21H,5-6,8-13H2,1-2H3. The molecule has 0 bridgehead atoms. The molecule has 156 valence electrons. The van der Waals surface area contributed by atoms with Crippen molar-refractivity contribution in [3.63, 3.8) is 0 Å². The number of nitrogens with zero attached hydrogens (tertiary/aromatic N) is 6. The van der Waals surface area contributed by atoms with Gasteiger partial charge in [-0.25, -0.2) is 0 Å². The van der Waals surface area contributed by atoms with Gasteiger partial charge in [0.25, 0.3) is 5.91 Å². The average molecular weight is 399 g/mol. The molecule has 2 aromatic rings. The summed E-state index contributed by atoms with van der Waals surface area (Å²) in [5.74, 6) is 0.720. The molecule has 9 nitrogen and oxygen atoms in total. The Morgan fingerprint density at radius 1 is 1.24 bits per heavy atom. The molecule has 2 aromatic heterocycles. The number of hydrogen-bond acceptors (Lipinski definition) is 5. The second-order valence-corrected chi connectivity index (χ2v) is 8.16. The maximum atomic E-state index is 12.4. The molecule has 0 aliphatic carbocycles. The van der Waals surface area contributed by atoms with Crippen LogP contribution in [0.1, 0.15) is 35.9 Å². The third-order valence-electron chi connectivity index (χ3n) is 6.13. The first-order valence-electron chi connectivity index (χ1n) is 10.3. The monoisotopic (exact) mass is 399 g/mol. The third kappa shape index (κ3) is 4.34. The van der Waals surface area contributed by atoms with Crippen LogP contribution in [-0.4, -0.2) is 85.8 Å². The highest BCUT2D eigenvalue weighted by Gasteiger charge is 2.30. The maximum Gasteiger partial charge on any atom is 0.270 e. The van der Waals surface area contributed by atoms with Crippen molar-refractivity contribution in [2.45, 2.75) is 38.9 Å². The number of aromatic amines is 1. The number of H-pyrrole nitrogens is 1. The van der Waals surface area contributed by atoms with E-state index >= 15 is 0 Å². The average Bonchev–Trinajstić information content (AvgIpc) is 3.41. The fourth-order valence-corrected chi connectivity index (χ4v) is 4.20. The first-order chi connectivity index (χ1) is 14.0. The number of amides is 2. The lowest BCUT2D eigenvalue weighted by atomic mass is 9.96. The van der Waals surface area contributed by atoms with Crippen LogP contribution in [0.5, 0.6) is 0 Å². The molecule has 4 rings (SSSR count). The van der Waals surface area contributed by atoms with Crippen LogP contribution in [-0.2, 0) is 17.9 Å². The summed E-state index contributed by atoms with van der Waals surface area (Å²) in [6, 6.07) is 3.54. The van der Waals surface area contributed by atoms with Gasteiger partial charge < -0.3 is 14.8 Å². The topological polar surface area (TPSA) is 90.4 Å². The van der Waals surface area contributed by atoms with Crippen molar-refractivity contribution >= 4 is 11.8 Å². The molecule has 4 heterocycles. The zero-order chi connectivity index (χ0) is 20.4. The van der Waals surface area contributed by atoms with Crippen LogP contribution in [0.4, 0.5) is 0 Å². The van der Waals surface area contributed by atoms with Gasteiger partial charge in [0.05, 0.1) is 11.7 Å². The van der Waals surface area contributed by atoms with Crippen LogP contribution in [0, 0.1) is 5.92 Å². The van der Waals surface area contributed by atoms with E-state index in [9.17, 15) is 9.59 Å². The Bertz CT molecular complexity index is 839. The van der Waals surface area contributed by atoms with Crippen LogP contribution in [0.2, 0.25) is 0 Å². The SMILES string of the molecule is CC1C(=O)N(C)CCN1Cc1cn(CC2CCN(C(=O)c3ccc[nH]3)CC2)nn1. The molecule has 2 aliphatic heterocycles. The van der Waals surface area contributed by atoms with Crippen molar-refractivity contribution in [1.29, 1.82) is 0 Å². The Morgan fingerprint density at radius 3 is 2.76 bits per heavy atom. The number of piperazine rings is 1. The minimum absolute atomic E-state index is 0.0762. The van der Waals surface area contributed by atoms with E-state index in [0.29, 0.717) is 18.2 Å². The van der Waals surface area contributed by atoms with Gasteiger partial charge in [-0.05, 0) is 37.8 Å². The summed E-state index contributed by atoms with van der Waals surface area (Å²) in [4.78, 5) is 33.4. The number of likely N-dealkylation sites (tertiary alicyclic amines) is 1. The number of likely N-dealkylation sites (N-methyl/N-ethyl adjacent to an activating group) is 1. The summed E-state index contributed by atoms with van der Waals surface area (Å²) in [6.07, 6.45) is 5.70. The lowest BCUT2D eigenvalue weighted by molar-refractivity contribution is -0.139. The van der Waals surface area contributed by atoms with Crippen LogP contribution < -0.4 is 0 Å². The Kier molecular flexibility index (Phi) is 5.66. The van der Waals surface area contributed by atoms with Crippen LogP contribution >= 0.6 is 0 Å². The predicted octanol–water partition coefficient (Wildman–Crippen LogP) is 0.821. The summed E-state index contributed by atoms with van der Waals surface area (Å²) in [7, 11) is 1.85. The predicted molar refractivity (Wildman–Crippen MR) is 107 cm³/mol. The van der Waals surface area contributed by atoms with Crippen molar-refractivity contribution in [3.8, 4) is 0 Å². The maximum absolute atomic E-state index is 12.4. The number of aromatic nitrogens is 4. The van der Waals surface area contributed by atoms with Gasteiger partial charge in [0.1, 0.15) is 5.69 Å². The lowest BCUT2D eigenvalue weighted by Gasteiger charge is -2.36. The summed E-state index contributed by atoms with van der Waals surface area (Å²) in [5, 5.41) is 8.60. The van der Waals surface area contributed by atoms with Crippen molar-refractivity contribution in [2.24, 2.45) is 5.92 Å². The van der Waals surface area contributed by atoms with Gasteiger partial charge in [-0.1, -0.05) is 5.21 Å². The molecule has 2 amide bonds. The zero-order valence-corrected chi connectivity index (χ0v) is 17.1. The van der Waals surface area contributed by atoms with Crippen LogP contribution in [0.3, 0.4) is 0 Å². The van der Waals surface area contributed by atoms with Gasteiger partial charge in [0.15, 0.2) is 0 Å². The molecule has 29 heavy (non-hydrogen) atoms. The van der Waals surface area contributed by atoms with Crippen LogP contribution in [0.15, 0.2) is 24.5 Å². The number of carbonyl (C=O) groups excluding carboxylic acids is 2. The summed E-state index contributed by atoms with van der Waals surface area (Å²) < 4.78 is 1.91. The van der Waals surface area contributed by atoms with Crippen molar-refractivity contribution in [3.05, 3.63) is 35.9 Å². The molecule has 0 saturated carbocycles. The quantitative estimate of drug-likeness (QED) is 0.804. The van der Waals surface area contributed by atoms with Gasteiger partial charge in [-0.15, -0.1) is 5.10 Å². The first kappa shape index (κ1) is 19.6. The van der Waals surface area contributed by atoms with Gasteiger partial charge >= 0.3 is 0 Å². The van der Waals surface area contributed by atoms with E-state index in [1.807, 2.05) is 41.9 Å². The summed E-state index contributed by atoms with van der Waals surface area (Å²) >= 11 is 0. The van der Waals surface area contributed by atoms with E-state index in [0.717, 1.165) is 51.3 Å². The fourth-order valence-electron chi connectivity index (χ4n) is 4.20. The highest BCUT2D eigenvalue weighted by molar-refractivity contribution is 5.92. The molecule has 0 spiro atoms. The third-order valence-corrected chi connectivity index (χ3v) is 6.13. The largest absolute Gasteiger partial charge is 0.357 e. The van der Waals surface area contributed by atoms with E-state index < -0.39 is 0 Å². The smallest absolute Gasteiger partial charge is 0.270 e. The minimum atomic E-state index is -0.125. The van der Waals surface area contributed by atoms with E-state index in [1.54, 1.807) is 11.1 Å². The van der Waals surface area contributed by atoms with Crippen molar-refractivity contribution < 1.29 is 9.59 Å². The highest BCUT2D eigenvalue weighted by atomic mass is 16.2. The molecular formula is C20H29N7O2. The molecule has 2 fully saturated rings. The Balaban J connectivity index is 1.27. The van der Waals surface area contributed by atoms with Crippen LogP contribution in [0.25, 0.3) is 0 Å². The Labute approximate surface area is 170 Å². The van der Waals surface area contributed by atoms with Gasteiger partial charge in [-0.3, -0.25) is 19.2 Å². The zero-order valence-electron chi connectivity index (χ0n) is 17.1. The molecule has 1 atom stereocenters. The second-order valence-electron chi connectivity index (χ2n) is 8.16. The number of nitrogens with one attached hydrogen (secondary N) is 1. The Hall–Kier alpha value is -2.68. The number of carbonyl (C=O) groups is 2. The molecule has 2 aliphatic rings. The molecule has 0 radical (unpaired) electrons. The number of piperidine rings is 1. The van der Waals surface area contributed by atoms with Gasteiger partial charge in [0, 0.05) is 58.7 Å². The minimum Gasteiger partial charge on any atom is -0.357 e. The van der Waals surface area contributed by atoms with Gasteiger partial charge in [-0.2, -0.15) is 0 Å². The Morgan fingerprint density at radius 2 is 2.03 bits per heavy atom. The fraction of sp³-hybridized carbons (Fsp3) is 0.600. The molecule has 2 saturated heterocycles. The second kappa shape index (κ2) is 8.36. The normalized spacial score (nSPS) is 21.7. The molecule has 9 heteroatoms.